The second-order valence-corrected chi connectivity index (χ2v) is 9.45. The molecule has 1 aromatic carbocycles. The monoisotopic (exact) mass is 510 g/mol. The van der Waals surface area contributed by atoms with Crippen LogP contribution < -0.4 is 10.9 Å². The minimum Gasteiger partial charge on any atom is -0.505 e. The number of rotatable bonds is 9. The molecule has 4 rings (SSSR count). The van der Waals surface area contributed by atoms with E-state index >= 15 is 0 Å². The summed E-state index contributed by atoms with van der Waals surface area (Å²) in [7, 11) is 0. The maximum atomic E-state index is 13.5. The lowest BCUT2D eigenvalue weighted by Gasteiger charge is -2.27. The van der Waals surface area contributed by atoms with Crippen LogP contribution in [0, 0.1) is 5.82 Å². The maximum absolute atomic E-state index is 13.5. The Hall–Kier alpha value is -3.79. The van der Waals surface area contributed by atoms with E-state index in [9.17, 15) is 29.0 Å². The average Bonchev–Trinajstić information content (AvgIpc) is 2.87. The summed E-state index contributed by atoms with van der Waals surface area (Å²) in [6, 6.07) is 7.79. The number of pyridine rings is 2. The molecular formula is C27H31FN4O5. The third-order valence-corrected chi connectivity index (χ3v) is 6.47. The Kier molecular flexibility index (Phi) is 8.17. The molecular weight excluding hydrogens is 479 g/mol. The fourth-order valence-electron chi connectivity index (χ4n) is 4.56. The van der Waals surface area contributed by atoms with E-state index in [0.717, 1.165) is 24.0 Å². The normalized spacial score (nSPS) is 14.7. The van der Waals surface area contributed by atoms with Gasteiger partial charge in [0.05, 0.1) is 11.6 Å². The molecule has 0 aliphatic carbocycles. The van der Waals surface area contributed by atoms with Gasteiger partial charge in [-0.15, -0.1) is 0 Å². The fourth-order valence-corrected chi connectivity index (χ4v) is 4.56. The van der Waals surface area contributed by atoms with Crippen molar-refractivity contribution in [1.82, 2.24) is 19.8 Å². The maximum Gasteiger partial charge on any atom is 0.267 e. The van der Waals surface area contributed by atoms with E-state index in [-0.39, 0.29) is 30.3 Å². The van der Waals surface area contributed by atoms with Gasteiger partial charge in [0, 0.05) is 38.8 Å². The largest absolute Gasteiger partial charge is 0.505 e. The van der Waals surface area contributed by atoms with E-state index in [1.165, 1.54) is 23.6 Å². The zero-order valence-corrected chi connectivity index (χ0v) is 20.7. The minimum absolute atomic E-state index is 0.0865. The molecule has 10 heteroatoms. The number of amides is 2. The number of aliphatic hydroxyl groups is 1. The number of hydrogen-bond donors (Lipinski definition) is 3. The fraction of sp³-hybridized carbons (Fsp3) is 0.407. The molecule has 2 amide bonds. The van der Waals surface area contributed by atoms with Crippen LogP contribution in [0.3, 0.4) is 0 Å². The highest BCUT2D eigenvalue weighted by molar-refractivity contribution is 6.01. The van der Waals surface area contributed by atoms with Gasteiger partial charge in [-0.2, -0.15) is 0 Å². The number of aromatic nitrogens is 2. The van der Waals surface area contributed by atoms with Gasteiger partial charge in [0.15, 0.2) is 5.75 Å². The molecule has 2 aromatic heterocycles. The standard InChI is InChI=1S/C27H31FN4O5/c1-17(33)15-30-26(36)23-25(35)24-21(14-19(16-29-24)13-18-6-8-20(28)9-7-18)32(27(23)37)12-4-11-31-10-3-2-5-22(31)34/h6-9,14,16-17,33,35H,2-5,10-13,15H2,1H3,(H,30,36)/t17-/m0/s1. The first-order chi connectivity index (χ1) is 17.7. The highest BCUT2D eigenvalue weighted by Crippen LogP contribution is 2.26. The first-order valence-electron chi connectivity index (χ1n) is 12.5. The number of piperidine rings is 1. The van der Waals surface area contributed by atoms with Crippen molar-refractivity contribution in [2.75, 3.05) is 19.6 Å². The van der Waals surface area contributed by atoms with E-state index in [4.69, 9.17) is 0 Å². The third-order valence-electron chi connectivity index (χ3n) is 6.47. The molecule has 1 fully saturated rings. The number of halogens is 1. The molecule has 37 heavy (non-hydrogen) atoms. The number of hydrogen-bond acceptors (Lipinski definition) is 6. The molecule has 3 heterocycles. The predicted molar refractivity (Wildman–Crippen MR) is 136 cm³/mol. The summed E-state index contributed by atoms with van der Waals surface area (Å²) in [4.78, 5) is 44.6. The molecule has 1 aliphatic rings. The lowest BCUT2D eigenvalue weighted by atomic mass is 10.0. The number of nitrogens with one attached hydrogen (secondary N) is 1. The van der Waals surface area contributed by atoms with Gasteiger partial charge in [0.2, 0.25) is 5.91 Å². The summed E-state index contributed by atoms with van der Waals surface area (Å²) in [6.07, 6.45) is 3.96. The van der Waals surface area contributed by atoms with Crippen molar-refractivity contribution in [2.45, 2.75) is 51.7 Å². The van der Waals surface area contributed by atoms with Crippen LogP contribution in [-0.2, 0) is 17.8 Å². The lowest BCUT2D eigenvalue weighted by molar-refractivity contribution is -0.133. The van der Waals surface area contributed by atoms with Crippen LogP contribution in [0.2, 0.25) is 0 Å². The van der Waals surface area contributed by atoms with E-state index in [1.54, 1.807) is 29.3 Å². The molecule has 0 spiro atoms. The molecule has 1 atom stereocenters. The number of aryl methyl sites for hydroxylation is 1. The van der Waals surface area contributed by atoms with E-state index in [2.05, 4.69) is 10.3 Å². The van der Waals surface area contributed by atoms with Crippen LogP contribution in [0.5, 0.6) is 5.75 Å². The lowest BCUT2D eigenvalue weighted by Crippen LogP contribution is -2.38. The van der Waals surface area contributed by atoms with Gasteiger partial charge in [-0.1, -0.05) is 12.1 Å². The molecule has 9 nitrogen and oxygen atoms in total. The van der Waals surface area contributed by atoms with Crippen LogP contribution in [0.15, 0.2) is 41.3 Å². The van der Waals surface area contributed by atoms with Crippen molar-refractivity contribution in [1.29, 1.82) is 0 Å². The molecule has 3 N–H and O–H groups in total. The highest BCUT2D eigenvalue weighted by Gasteiger charge is 2.24. The first-order valence-corrected chi connectivity index (χ1v) is 12.5. The van der Waals surface area contributed by atoms with Crippen molar-refractivity contribution in [2.24, 2.45) is 0 Å². The van der Waals surface area contributed by atoms with Gasteiger partial charge in [-0.05, 0) is 61.9 Å². The quantitative estimate of drug-likeness (QED) is 0.406. The number of nitrogens with zero attached hydrogens (tertiary/aromatic N) is 3. The van der Waals surface area contributed by atoms with Crippen LogP contribution in [0.1, 0.15) is 54.1 Å². The van der Waals surface area contributed by atoms with Gasteiger partial charge < -0.3 is 25.0 Å². The Bertz CT molecular complexity index is 1350. The van der Waals surface area contributed by atoms with E-state index in [1.807, 2.05) is 0 Å². The summed E-state index contributed by atoms with van der Waals surface area (Å²) in [5.74, 6) is -1.58. The summed E-state index contributed by atoms with van der Waals surface area (Å²) in [5.41, 5.74) is 0.917. The Labute approximate surface area is 213 Å². The topological polar surface area (TPSA) is 125 Å². The predicted octanol–water partition coefficient (Wildman–Crippen LogP) is 2.35. The SMILES string of the molecule is C[C@H](O)CNC(=O)c1c(O)c2ncc(Cc3ccc(F)cc3)cc2n(CCCN2CCCCC2=O)c1=O. The molecule has 196 valence electrons. The Morgan fingerprint density at radius 3 is 2.62 bits per heavy atom. The van der Waals surface area contributed by atoms with Crippen molar-refractivity contribution in [3.8, 4) is 5.75 Å². The second kappa shape index (κ2) is 11.5. The zero-order valence-electron chi connectivity index (χ0n) is 20.7. The zero-order chi connectivity index (χ0) is 26.5. The molecule has 0 unspecified atom stereocenters. The number of likely N-dealkylation sites (tertiary alicyclic amines) is 1. The average molecular weight is 511 g/mol. The smallest absolute Gasteiger partial charge is 0.267 e. The number of aliphatic hydroxyl groups excluding tert-OH is 1. The van der Waals surface area contributed by atoms with Crippen molar-refractivity contribution in [3.05, 3.63) is 69.4 Å². The third kappa shape index (κ3) is 6.14. The van der Waals surface area contributed by atoms with Crippen LogP contribution in [-0.4, -0.2) is 62.2 Å². The first kappa shape index (κ1) is 26.3. The van der Waals surface area contributed by atoms with Crippen LogP contribution in [0.4, 0.5) is 4.39 Å². The van der Waals surface area contributed by atoms with Crippen molar-refractivity contribution in [3.63, 3.8) is 0 Å². The Morgan fingerprint density at radius 1 is 1.16 bits per heavy atom. The number of benzene rings is 1. The van der Waals surface area contributed by atoms with Crippen molar-refractivity contribution >= 4 is 22.8 Å². The Balaban J connectivity index is 1.70. The molecule has 0 saturated carbocycles. The van der Waals surface area contributed by atoms with Gasteiger partial charge in [0.1, 0.15) is 16.9 Å². The number of aromatic hydroxyl groups is 1. The molecule has 0 bridgehead atoms. The molecule has 1 aliphatic heterocycles. The molecule has 0 radical (unpaired) electrons. The summed E-state index contributed by atoms with van der Waals surface area (Å²) in [5, 5.41) is 22.8. The highest BCUT2D eigenvalue weighted by atomic mass is 19.1. The van der Waals surface area contributed by atoms with E-state index < -0.39 is 28.9 Å². The number of fused-ring (bicyclic) bond motifs is 1. The summed E-state index contributed by atoms with van der Waals surface area (Å²) in [6.45, 7) is 2.76. The number of carbonyl (C=O) groups is 2. The molecule has 3 aromatic rings. The van der Waals surface area contributed by atoms with Crippen molar-refractivity contribution < 1.29 is 24.2 Å². The van der Waals surface area contributed by atoms with Gasteiger partial charge >= 0.3 is 0 Å². The second-order valence-electron chi connectivity index (χ2n) is 9.45. The number of carbonyl (C=O) groups excluding carboxylic acids is 2. The van der Waals surface area contributed by atoms with Crippen LogP contribution in [0.25, 0.3) is 11.0 Å². The summed E-state index contributed by atoms with van der Waals surface area (Å²) < 4.78 is 14.7. The van der Waals surface area contributed by atoms with E-state index in [0.29, 0.717) is 37.9 Å². The summed E-state index contributed by atoms with van der Waals surface area (Å²) >= 11 is 0. The molecule has 1 saturated heterocycles. The van der Waals surface area contributed by atoms with Gasteiger partial charge in [-0.25, -0.2) is 4.39 Å². The van der Waals surface area contributed by atoms with Crippen LogP contribution >= 0.6 is 0 Å². The van der Waals surface area contributed by atoms with Gasteiger partial charge in [-0.3, -0.25) is 19.4 Å². The Morgan fingerprint density at radius 2 is 1.92 bits per heavy atom. The van der Waals surface area contributed by atoms with Gasteiger partial charge in [0.25, 0.3) is 11.5 Å². The minimum atomic E-state index is -0.831.